The van der Waals surface area contributed by atoms with Gasteiger partial charge in [-0.05, 0) is 55.4 Å². The zero-order valence-electron chi connectivity index (χ0n) is 11.5. The molecule has 2 N–H and O–H groups in total. The van der Waals surface area contributed by atoms with Crippen molar-refractivity contribution in [3.8, 4) is 0 Å². The van der Waals surface area contributed by atoms with Crippen LogP contribution >= 0.6 is 12.2 Å². The first-order chi connectivity index (χ1) is 9.54. The van der Waals surface area contributed by atoms with Gasteiger partial charge in [-0.25, -0.2) is 4.39 Å². The van der Waals surface area contributed by atoms with Crippen LogP contribution < -0.4 is 10.6 Å². The number of aryl methyl sites for hydroxylation is 2. The Morgan fingerprint density at radius 3 is 2.40 bits per heavy atom. The molecule has 2 rings (SSSR count). The molecule has 0 spiro atoms. The van der Waals surface area contributed by atoms with Gasteiger partial charge in [-0.15, -0.1) is 0 Å². The molecular weight excluding hydrogens is 271 g/mol. The molecule has 0 bridgehead atoms. The van der Waals surface area contributed by atoms with Gasteiger partial charge in [-0.1, -0.05) is 24.3 Å². The van der Waals surface area contributed by atoms with E-state index in [4.69, 9.17) is 12.2 Å². The van der Waals surface area contributed by atoms with Crippen molar-refractivity contribution in [2.75, 3.05) is 5.32 Å². The molecule has 0 aromatic heterocycles. The highest BCUT2D eigenvalue weighted by atomic mass is 32.1. The summed E-state index contributed by atoms with van der Waals surface area (Å²) in [7, 11) is 0. The first-order valence-electron chi connectivity index (χ1n) is 6.41. The summed E-state index contributed by atoms with van der Waals surface area (Å²) in [5.41, 5.74) is 3.87. The molecule has 0 heterocycles. The van der Waals surface area contributed by atoms with Crippen LogP contribution in [0.25, 0.3) is 0 Å². The lowest BCUT2D eigenvalue weighted by molar-refractivity contribution is 0.606. The Morgan fingerprint density at radius 1 is 1.10 bits per heavy atom. The van der Waals surface area contributed by atoms with Gasteiger partial charge >= 0.3 is 0 Å². The van der Waals surface area contributed by atoms with Crippen LogP contribution in [0.4, 0.5) is 10.1 Å². The zero-order valence-corrected chi connectivity index (χ0v) is 12.4. The molecule has 0 aliphatic carbocycles. The molecule has 2 aromatic rings. The smallest absolute Gasteiger partial charge is 0.171 e. The van der Waals surface area contributed by atoms with Crippen molar-refractivity contribution in [3.63, 3.8) is 0 Å². The van der Waals surface area contributed by atoms with Crippen LogP contribution in [0.2, 0.25) is 0 Å². The molecule has 0 aliphatic heterocycles. The predicted octanol–water partition coefficient (Wildman–Crippen LogP) is 3.93. The van der Waals surface area contributed by atoms with E-state index in [1.807, 2.05) is 26.0 Å². The third-order valence-corrected chi connectivity index (χ3v) is 3.12. The van der Waals surface area contributed by atoms with Crippen molar-refractivity contribution < 1.29 is 4.39 Å². The lowest BCUT2D eigenvalue weighted by atomic mass is 10.1. The van der Waals surface area contributed by atoms with Crippen molar-refractivity contribution in [1.29, 1.82) is 0 Å². The molecule has 0 fully saturated rings. The molecule has 0 saturated heterocycles. The maximum atomic E-state index is 13.5. The third-order valence-electron chi connectivity index (χ3n) is 2.88. The Morgan fingerprint density at radius 2 is 1.75 bits per heavy atom. The summed E-state index contributed by atoms with van der Waals surface area (Å²) in [5.74, 6) is -0.228. The van der Waals surface area contributed by atoms with Gasteiger partial charge in [0.15, 0.2) is 5.11 Å². The first kappa shape index (κ1) is 14.5. The van der Waals surface area contributed by atoms with Crippen LogP contribution in [0.1, 0.15) is 16.7 Å². The maximum absolute atomic E-state index is 13.5. The Labute approximate surface area is 124 Å². The van der Waals surface area contributed by atoms with Crippen LogP contribution in [0.15, 0.2) is 42.5 Å². The van der Waals surface area contributed by atoms with E-state index >= 15 is 0 Å². The minimum atomic E-state index is -0.228. The lowest BCUT2D eigenvalue weighted by Gasteiger charge is -2.12. The van der Waals surface area contributed by atoms with E-state index in [2.05, 4.69) is 16.7 Å². The summed E-state index contributed by atoms with van der Waals surface area (Å²) in [6.07, 6.45) is 0. The Bertz CT molecular complexity index is 605. The quantitative estimate of drug-likeness (QED) is 0.837. The van der Waals surface area contributed by atoms with Gasteiger partial charge in [-0.3, -0.25) is 0 Å². The highest BCUT2D eigenvalue weighted by molar-refractivity contribution is 7.80. The van der Waals surface area contributed by atoms with E-state index in [9.17, 15) is 4.39 Å². The number of benzene rings is 2. The fraction of sp³-hybridized carbons (Fsp3) is 0.188. The number of hydrogen-bond acceptors (Lipinski definition) is 1. The van der Waals surface area contributed by atoms with Crippen LogP contribution in [0.3, 0.4) is 0 Å². The Balaban J connectivity index is 1.94. The number of anilines is 1. The largest absolute Gasteiger partial charge is 0.358 e. The van der Waals surface area contributed by atoms with Crippen molar-refractivity contribution in [1.82, 2.24) is 5.32 Å². The summed E-state index contributed by atoms with van der Waals surface area (Å²) >= 11 is 5.22. The summed E-state index contributed by atoms with van der Waals surface area (Å²) in [5, 5.41) is 6.60. The van der Waals surface area contributed by atoms with Crippen LogP contribution in [-0.2, 0) is 6.54 Å². The van der Waals surface area contributed by atoms with Gasteiger partial charge in [0.2, 0.25) is 0 Å². The summed E-state index contributed by atoms with van der Waals surface area (Å²) in [6.45, 7) is 4.44. The minimum Gasteiger partial charge on any atom is -0.358 e. The number of halogens is 1. The molecule has 20 heavy (non-hydrogen) atoms. The fourth-order valence-corrected chi connectivity index (χ4v) is 2.23. The monoisotopic (exact) mass is 288 g/mol. The summed E-state index contributed by atoms with van der Waals surface area (Å²) in [4.78, 5) is 0. The highest BCUT2D eigenvalue weighted by Gasteiger charge is 2.02. The van der Waals surface area contributed by atoms with Crippen molar-refractivity contribution >= 4 is 23.0 Å². The van der Waals surface area contributed by atoms with Crippen molar-refractivity contribution in [3.05, 3.63) is 65.0 Å². The van der Waals surface area contributed by atoms with E-state index in [-0.39, 0.29) is 5.82 Å². The fourth-order valence-electron chi connectivity index (χ4n) is 2.04. The molecule has 2 nitrogen and oxygen atoms in total. The molecule has 0 amide bonds. The van der Waals surface area contributed by atoms with Crippen LogP contribution in [0.5, 0.6) is 0 Å². The molecule has 2 aromatic carbocycles. The van der Waals surface area contributed by atoms with E-state index < -0.39 is 0 Å². The molecule has 4 heteroatoms. The molecule has 0 aliphatic rings. The predicted molar refractivity (Wildman–Crippen MR) is 85.4 cm³/mol. The van der Waals surface area contributed by atoms with E-state index in [0.717, 1.165) is 5.69 Å². The highest BCUT2D eigenvalue weighted by Crippen LogP contribution is 2.13. The van der Waals surface area contributed by atoms with Gasteiger partial charge in [0.1, 0.15) is 5.82 Å². The third kappa shape index (κ3) is 4.03. The van der Waals surface area contributed by atoms with Gasteiger partial charge in [0.25, 0.3) is 0 Å². The number of rotatable bonds is 3. The average molecular weight is 288 g/mol. The standard InChI is InChI=1S/C16H17FN2S/c1-11-7-12(2)9-14(8-11)19-16(20)18-10-13-5-3-4-6-15(13)17/h3-9H,10H2,1-2H3,(H2,18,19,20). The Kier molecular flexibility index (Phi) is 4.69. The van der Waals surface area contributed by atoms with Crippen LogP contribution in [0, 0.1) is 19.7 Å². The van der Waals surface area contributed by atoms with Crippen molar-refractivity contribution in [2.24, 2.45) is 0 Å². The van der Waals surface area contributed by atoms with Crippen molar-refractivity contribution in [2.45, 2.75) is 20.4 Å². The number of thiocarbonyl (C=S) groups is 1. The molecule has 0 unspecified atom stereocenters. The number of nitrogens with one attached hydrogen (secondary N) is 2. The molecule has 0 atom stereocenters. The van der Waals surface area contributed by atoms with Gasteiger partial charge in [0, 0.05) is 17.8 Å². The molecular formula is C16H17FN2S. The number of hydrogen-bond donors (Lipinski definition) is 2. The second-order valence-electron chi connectivity index (χ2n) is 4.78. The summed E-state index contributed by atoms with van der Waals surface area (Å²) < 4.78 is 13.5. The van der Waals surface area contributed by atoms with Crippen LogP contribution in [-0.4, -0.2) is 5.11 Å². The molecule has 104 valence electrons. The van der Waals surface area contributed by atoms with Gasteiger partial charge in [0.05, 0.1) is 0 Å². The van der Waals surface area contributed by atoms with Gasteiger partial charge < -0.3 is 10.6 Å². The summed E-state index contributed by atoms with van der Waals surface area (Å²) in [6, 6.07) is 12.8. The zero-order chi connectivity index (χ0) is 14.5. The Hall–Kier alpha value is -1.94. The van der Waals surface area contributed by atoms with E-state index in [1.165, 1.54) is 17.2 Å². The van der Waals surface area contributed by atoms with E-state index in [1.54, 1.807) is 18.2 Å². The second-order valence-corrected chi connectivity index (χ2v) is 5.18. The van der Waals surface area contributed by atoms with E-state index in [0.29, 0.717) is 17.2 Å². The lowest BCUT2D eigenvalue weighted by Crippen LogP contribution is -2.28. The SMILES string of the molecule is Cc1cc(C)cc(NC(=S)NCc2ccccc2F)c1. The second kappa shape index (κ2) is 6.48. The normalized spacial score (nSPS) is 10.2. The first-order valence-corrected chi connectivity index (χ1v) is 6.82. The molecule has 0 radical (unpaired) electrons. The van der Waals surface area contributed by atoms with Gasteiger partial charge in [-0.2, -0.15) is 0 Å². The molecule has 0 saturated carbocycles. The maximum Gasteiger partial charge on any atom is 0.171 e. The topological polar surface area (TPSA) is 24.1 Å². The minimum absolute atomic E-state index is 0.228. The average Bonchev–Trinajstić information content (AvgIpc) is 2.36.